The van der Waals surface area contributed by atoms with E-state index in [9.17, 15) is 13.2 Å². The van der Waals surface area contributed by atoms with Crippen LogP contribution in [0.3, 0.4) is 0 Å². The molecule has 4 rings (SSSR count). The SMILES string of the molecule is CC(=O)Nc1ccc(S(=O)(=O)N(C)c2ccc3c(c2)nc(C(C)(C)C)n3CC2CCCCC2)nc1. The van der Waals surface area contributed by atoms with E-state index in [1.165, 1.54) is 68.7 Å². The fraction of sp³-hybridized carbons (Fsp3) is 0.500. The molecule has 0 radical (unpaired) electrons. The van der Waals surface area contributed by atoms with Gasteiger partial charge in [0.2, 0.25) is 5.91 Å². The standard InChI is InChI=1S/C26H35N5O3S/c1-18(32)28-20-11-14-24(27-16-20)35(33,34)30(5)21-12-13-23-22(15-21)29-25(26(2,3)4)31(23)17-19-9-7-6-8-10-19/h11-16,19H,6-10,17H2,1-5H3,(H,28,32). The monoisotopic (exact) mass is 497 g/mol. The van der Waals surface area contributed by atoms with Gasteiger partial charge in [-0.15, -0.1) is 0 Å². The molecule has 8 nitrogen and oxygen atoms in total. The van der Waals surface area contributed by atoms with Crippen LogP contribution in [0.4, 0.5) is 11.4 Å². The number of carbonyl (C=O) groups is 1. The Balaban J connectivity index is 1.67. The molecule has 0 aliphatic heterocycles. The quantitative estimate of drug-likeness (QED) is 0.511. The number of pyridine rings is 1. The molecule has 1 amide bonds. The molecule has 35 heavy (non-hydrogen) atoms. The number of nitrogens with one attached hydrogen (secondary N) is 1. The van der Waals surface area contributed by atoms with Gasteiger partial charge in [0.05, 0.1) is 28.6 Å². The topological polar surface area (TPSA) is 97.2 Å². The largest absolute Gasteiger partial charge is 0.327 e. The Hall–Kier alpha value is -2.94. The molecule has 0 bridgehead atoms. The average molecular weight is 498 g/mol. The minimum Gasteiger partial charge on any atom is -0.327 e. The number of benzene rings is 1. The number of anilines is 2. The van der Waals surface area contributed by atoms with Crippen LogP contribution in [-0.4, -0.2) is 35.9 Å². The normalized spacial score (nSPS) is 15.3. The lowest BCUT2D eigenvalue weighted by molar-refractivity contribution is -0.114. The van der Waals surface area contributed by atoms with Gasteiger partial charge in [-0.2, -0.15) is 8.42 Å². The van der Waals surface area contributed by atoms with Crippen molar-refractivity contribution in [3.8, 4) is 0 Å². The summed E-state index contributed by atoms with van der Waals surface area (Å²) in [5.41, 5.74) is 2.66. The summed E-state index contributed by atoms with van der Waals surface area (Å²) in [6.07, 6.45) is 7.73. The Bertz CT molecular complexity index is 1320. The van der Waals surface area contributed by atoms with Crippen LogP contribution in [0.25, 0.3) is 11.0 Å². The van der Waals surface area contributed by atoms with Gasteiger partial charge in [0, 0.05) is 25.9 Å². The number of fused-ring (bicyclic) bond motifs is 1. The summed E-state index contributed by atoms with van der Waals surface area (Å²) in [6.45, 7) is 8.83. The van der Waals surface area contributed by atoms with Crippen LogP contribution in [0.15, 0.2) is 41.6 Å². The van der Waals surface area contributed by atoms with Crippen LogP contribution < -0.4 is 9.62 Å². The summed E-state index contributed by atoms with van der Waals surface area (Å²) >= 11 is 0. The Kier molecular flexibility index (Phi) is 6.90. The van der Waals surface area contributed by atoms with E-state index in [1.807, 2.05) is 18.2 Å². The van der Waals surface area contributed by atoms with E-state index >= 15 is 0 Å². The molecule has 9 heteroatoms. The molecule has 1 aliphatic carbocycles. The van der Waals surface area contributed by atoms with Crippen LogP contribution in [0.2, 0.25) is 0 Å². The van der Waals surface area contributed by atoms with Gasteiger partial charge in [0.25, 0.3) is 10.0 Å². The number of aromatic nitrogens is 3. The molecule has 1 aromatic carbocycles. The molecule has 2 heterocycles. The third-order valence-corrected chi connectivity index (χ3v) is 8.32. The third-order valence-electron chi connectivity index (χ3n) is 6.61. The van der Waals surface area contributed by atoms with Crippen molar-refractivity contribution in [2.45, 2.75) is 76.8 Å². The second-order valence-electron chi connectivity index (χ2n) is 10.5. The number of amides is 1. The van der Waals surface area contributed by atoms with Crippen molar-refractivity contribution in [1.29, 1.82) is 0 Å². The minimum atomic E-state index is -3.89. The zero-order valence-corrected chi connectivity index (χ0v) is 22.0. The van der Waals surface area contributed by atoms with Gasteiger partial charge in [0.15, 0.2) is 5.03 Å². The van der Waals surface area contributed by atoms with E-state index in [0.29, 0.717) is 17.3 Å². The zero-order chi connectivity index (χ0) is 25.4. The third kappa shape index (κ3) is 5.34. The highest BCUT2D eigenvalue weighted by Crippen LogP contribution is 2.33. The van der Waals surface area contributed by atoms with E-state index in [4.69, 9.17) is 4.98 Å². The maximum Gasteiger partial charge on any atom is 0.281 e. The second kappa shape index (κ2) is 9.60. The van der Waals surface area contributed by atoms with Gasteiger partial charge in [0.1, 0.15) is 5.82 Å². The summed E-state index contributed by atoms with van der Waals surface area (Å²) < 4.78 is 30.1. The smallest absolute Gasteiger partial charge is 0.281 e. The first-order valence-electron chi connectivity index (χ1n) is 12.2. The van der Waals surface area contributed by atoms with Crippen molar-refractivity contribution in [2.75, 3.05) is 16.7 Å². The summed E-state index contributed by atoms with van der Waals surface area (Å²) in [7, 11) is -2.37. The van der Waals surface area contributed by atoms with Gasteiger partial charge in [-0.3, -0.25) is 9.10 Å². The van der Waals surface area contributed by atoms with Gasteiger partial charge in [-0.05, 0) is 49.1 Å². The second-order valence-corrected chi connectivity index (χ2v) is 12.4. The van der Waals surface area contributed by atoms with Crippen LogP contribution >= 0.6 is 0 Å². The van der Waals surface area contributed by atoms with Crippen molar-refractivity contribution in [1.82, 2.24) is 14.5 Å². The van der Waals surface area contributed by atoms with Crippen molar-refractivity contribution in [3.63, 3.8) is 0 Å². The highest BCUT2D eigenvalue weighted by Gasteiger charge is 2.27. The molecular weight excluding hydrogens is 462 g/mol. The first kappa shape index (κ1) is 25.2. The molecule has 1 N–H and O–H groups in total. The Morgan fingerprint density at radius 2 is 1.86 bits per heavy atom. The molecule has 1 aliphatic rings. The van der Waals surface area contributed by atoms with Crippen LogP contribution in [0, 0.1) is 5.92 Å². The summed E-state index contributed by atoms with van der Waals surface area (Å²) in [4.78, 5) is 20.3. The molecule has 0 spiro atoms. The molecule has 188 valence electrons. The van der Waals surface area contributed by atoms with Crippen molar-refractivity contribution in [2.24, 2.45) is 5.92 Å². The summed E-state index contributed by atoms with van der Waals surface area (Å²) in [6, 6.07) is 8.57. The van der Waals surface area contributed by atoms with Crippen molar-refractivity contribution >= 4 is 38.3 Å². The number of hydrogen-bond donors (Lipinski definition) is 1. The number of sulfonamides is 1. The Morgan fingerprint density at radius 3 is 2.46 bits per heavy atom. The molecule has 1 saturated carbocycles. The zero-order valence-electron chi connectivity index (χ0n) is 21.2. The first-order valence-corrected chi connectivity index (χ1v) is 13.6. The lowest BCUT2D eigenvalue weighted by Gasteiger charge is -2.26. The summed E-state index contributed by atoms with van der Waals surface area (Å²) in [5.74, 6) is 1.43. The fourth-order valence-electron chi connectivity index (χ4n) is 4.79. The molecule has 0 atom stereocenters. The number of imidazole rings is 1. The molecular formula is C26H35N5O3S. The number of rotatable bonds is 6. The van der Waals surface area contributed by atoms with Gasteiger partial charge < -0.3 is 9.88 Å². The van der Waals surface area contributed by atoms with Crippen LogP contribution in [0.5, 0.6) is 0 Å². The van der Waals surface area contributed by atoms with Crippen molar-refractivity contribution < 1.29 is 13.2 Å². The van der Waals surface area contributed by atoms with Crippen LogP contribution in [-0.2, 0) is 26.8 Å². The van der Waals surface area contributed by atoms with E-state index in [2.05, 4.69) is 35.6 Å². The van der Waals surface area contributed by atoms with Gasteiger partial charge >= 0.3 is 0 Å². The minimum absolute atomic E-state index is 0.0904. The van der Waals surface area contributed by atoms with E-state index < -0.39 is 10.0 Å². The molecule has 3 aromatic rings. The van der Waals surface area contributed by atoms with E-state index in [-0.39, 0.29) is 16.3 Å². The van der Waals surface area contributed by atoms with Gasteiger partial charge in [-0.1, -0.05) is 40.0 Å². The van der Waals surface area contributed by atoms with E-state index in [1.54, 1.807) is 0 Å². The highest BCUT2D eigenvalue weighted by molar-refractivity contribution is 7.92. The molecule has 0 saturated heterocycles. The van der Waals surface area contributed by atoms with E-state index in [0.717, 1.165) is 23.4 Å². The van der Waals surface area contributed by atoms with Crippen LogP contribution in [0.1, 0.15) is 65.6 Å². The number of hydrogen-bond acceptors (Lipinski definition) is 5. The highest BCUT2D eigenvalue weighted by atomic mass is 32.2. The maximum absolute atomic E-state index is 13.2. The number of carbonyl (C=O) groups excluding carboxylic acids is 1. The molecule has 2 aromatic heterocycles. The first-order chi connectivity index (χ1) is 16.5. The predicted molar refractivity (Wildman–Crippen MR) is 139 cm³/mol. The molecule has 1 fully saturated rings. The average Bonchev–Trinajstić information content (AvgIpc) is 3.17. The Labute approximate surface area is 207 Å². The lowest BCUT2D eigenvalue weighted by atomic mass is 9.88. The maximum atomic E-state index is 13.2. The number of nitrogens with zero attached hydrogens (tertiary/aromatic N) is 4. The van der Waals surface area contributed by atoms with Crippen molar-refractivity contribution in [3.05, 3.63) is 42.4 Å². The Morgan fingerprint density at radius 1 is 1.14 bits per heavy atom. The van der Waals surface area contributed by atoms with Gasteiger partial charge in [-0.25, -0.2) is 9.97 Å². The lowest BCUT2D eigenvalue weighted by Crippen LogP contribution is -2.27. The predicted octanol–water partition coefficient (Wildman–Crippen LogP) is 5.09. The fourth-order valence-corrected chi connectivity index (χ4v) is 5.89. The summed E-state index contributed by atoms with van der Waals surface area (Å²) in [5, 5.41) is 2.50. The molecule has 0 unspecified atom stereocenters.